The van der Waals surface area contributed by atoms with Gasteiger partial charge in [-0.05, 0) is 73.3 Å². The van der Waals surface area contributed by atoms with Gasteiger partial charge in [-0.15, -0.1) is 0 Å². The molecule has 3 heterocycles. The van der Waals surface area contributed by atoms with E-state index in [4.69, 9.17) is 10.1 Å². The Kier molecular flexibility index (Phi) is 8.15. The minimum Gasteiger partial charge on any atom is -0.480 e. The smallest absolute Gasteiger partial charge is 0.237 e. The highest BCUT2D eigenvalue weighted by molar-refractivity contribution is 8.00. The molecule has 0 saturated carbocycles. The van der Waals surface area contributed by atoms with Crippen molar-refractivity contribution in [3.05, 3.63) is 71.7 Å². The van der Waals surface area contributed by atoms with E-state index in [1.54, 1.807) is 42.7 Å². The molecule has 2 atom stereocenters. The number of allylic oxidation sites excluding steroid dienone is 1. The standard InChI is InChI=1S/C25H25FN6O2S/c1-34-25-22(32-35-20-6-3-18(26)4-7-20)12-17(13-30-25)21(27)8-9-24-29-14-19(31-24)5-2-16-10-11-28-15-23(16)33/h3-4,6-9,12-14,16,23,27-28,32-33H,10-11,15H2,1H3,(H,29,31)/b9-8-,27-21?. The van der Waals surface area contributed by atoms with Crippen LogP contribution >= 0.6 is 11.9 Å². The van der Waals surface area contributed by atoms with Crippen molar-refractivity contribution in [1.29, 1.82) is 5.41 Å². The first-order valence-electron chi connectivity index (χ1n) is 11.0. The summed E-state index contributed by atoms with van der Waals surface area (Å²) >= 11 is 1.29. The number of aromatic nitrogens is 3. The molecule has 1 saturated heterocycles. The lowest BCUT2D eigenvalue weighted by Gasteiger charge is -2.23. The van der Waals surface area contributed by atoms with Crippen molar-refractivity contribution < 1.29 is 14.2 Å². The molecule has 1 aromatic carbocycles. The molecule has 0 amide bonds. The van der Waals surface area contributed by atoms with Crippen LogP contribution in [0.15, 0.2) is 53.7 Å². The molecular formula is C25H25FN6O2S. The number of methoxy groups -OCH3 is 1. The second-order valence-corrected chi connectivity index (χ2v) is 8.68. The maximum Gasteiger partial charge on any atom is 0.237 e. The van der Waals surface area contributed by atoms with Gasteiger partial charge >= 0.3 is 0 Å². The lowest BCUT2D eigenvalue weighted by atomic mass is 9.96. The van der Waals surface area contributed by atoms with Crippen molar-refractivity contribution in [1.82, 2.24) is 20.3 Å². The number of hydrogen-bond acceptors (Lipinski definition) is 8. The highest BCUT2D eigenvalue weighted by Gasteiger charge is 2.20. The average molecular weight is 493 g/mol. The number of aliphatic hydroxyl groups excluding tert-OH is 1. The number of aliphatic hydroxyl groups is 1. The van der Waals surface area contributed by atoms with E-state index in [2.05, 4.69) is 36.8 Å². The van der Waals surface area contributed by atoms with Crippen molar-refractivity contribution in [3.63, 3.8) is 0 Å². The predicted octanol–water partition coefficient (Wildman–Crippen LogP) is 3.47. The van der Waals surface area contributed by atoms with E-state index in [0.29, 0.717) is 35.2 Å². The van der Waals surface area contributed by atoms with Gasteiger partial charge in [-0.25, -0.2) is 14.4 Å². The second-order valence-electron chi connectivity index (χ2n) is 7.80. The third kappa shape index (κ3) is 6.70. The van der Waals surface area contributed by atoms with Gasteiger partial charge in [-0.2, -0.15) is 0 Å². The van der Waals surface area contributed by atoms with Crippen molar-refractivity contribution in [3.8, 4) is 17.7 Å². The zero-order valence-corrected chi connectivity index (χ0v) is 19.8. The molecule has 8 nitrogen and oxygen atoms in total. The summed E-state index contributed by atoms with van der Waals surface area (Å²) in [4.78, 5) is 12.5. The summed E-state index contributed by atoms with van der Waals surface area (Å²) < 4.78 is 21.6. The molecule has 3 aromatic rings. The normalized spacial score (nSPS) is 17.6. The van der Waals surface area contributed by atoms with Crippen LogP contribution in [-0.4, -0.2) is 52.1 Å². The Morgan fingerprint density at radius 3 is 2.91 bits per heavy atom. The van der Waals surface area contributed by atoms with Crippen molar-refractivity contribution >= 4 is 29.4 Å². The molecule has 180 valence electrons. The van der Waals surface area contributed by atoms with E-state index in [1.165, 1.54) is 31.2 Å². The number of pyridine rings is 1. The molecular weight excluding hydrogens is 467 g/mol. The fourth-order valence-electron chi connectivity index (χ4n) is 3.38. The Hall–Kier alpha value is -3.65. The number of nitrogens with zero attached hydrogens (tertiary/aromatic N) is 2. The van der Waals surface area contributed by atoms with E-state index in [0.717, 1.165) is 17.9 Å². The van der Waals surface area contributed by atoms with Crippen LogP contribution < -0.4 is 14.8 Å². The Labute approximate surface area is 207 Å². The molecule has 0 spiro atoms. The Bertz CT molecular complexity index is 1260. The van der Waals surface area contributed by atoms with E-state index in [9.17, 15) is 9.50 Å². The van der Waals surface area contributed by atoms with Crippen LogP contribution in [0.25, 0.3) is 6.08 Å². The van der Waals surface area contributed by atoms with E-state index < -0.39 is 6.10 Å². The van der Waals surface area contributed by atoms with Crippen molar-refractivity contribution in [2.45, 2.75) is 17.4 Å². The highest BCUT2D eigenvalue weighted by Crippen LogP contribution is 2.28. The lowest BCUT2D eigenvalue weighted by molar-refractivity contribution is 0.109. The van der Waals surface area contributed by atoms with Gasteiger partial charge < -0.3 is 30.3 Å². The molecule has 0 radical (unpaired) electrons. The van der Waals surface area contributed by atoms with Crippen LogP contribution in [0.4, 0.5) is 10.1 Å². The topological polar surface area (TPSA) is 119 Å². The molecule has 5 N–H and O–H groups in total. The highest BCUT2D eigenvalue weighted by atomic mass is 32.2. The van der Waals surface area contributed by atoms with Crippen molar-refractivity contribution in [2.24, 2.45) is 5.92 Å². The maximum atomic E-state index is 13.1. The number of hydrogen-bond donors (Lipinski definition) is 5. The van der Waals surface area contributed by atoms with Crippen molar-refractivity contribution in [2.75, 3.05) is 24.9 Å². The Morgan fingerprint density at radius 2 is 2.14 bits per heavy atom. The quantitative estimate of drug-likeness (QED) is 0.195. The first-order chi connectivity index (χ1) is 17.0. The number of ether oxygens (including phenoxy) is 1. The monoisotopic (exact) mass is 492 g/mol. The minimum atomic E-state index is -0.467. The first kappa shape index (κ1) is 24.5. The summed E-state index contributed by atoms with van der Waals surface area (Å²) in [6.45, 7) is 1.40. The van der Waals surface area contributed by atoms with Gasteiger partial charge in [0.25, 0.3) is 0 Å². The van der Waals surface area contributed by atoms with Crippen LogP contribution in [0, 0.1) is 29.0 Å². The van der Waals surface area contributed by atoms with Crippen LogP contribution in [0.2, 0.25) is 0 Å². The van der Waals surface area contributed by atoms with Gasteiger partial charge in [0, 0.05) is 29.1 Å². The van der Waals surface area contributed by atoms with Gasteiger partial charge in [0.05, 0.1) is 25.1 Å². The first-order valence-corrected chi connectivity index (χ1v) is 11.8. The second kappa shape index (κ2) is 11.7. The Balaban J connectivity index is 1.41. The fraction of sp³-hybridized carbons (Fsp3) is 0.240. The van der Waals surface area contributed by atoms with E-state index in [-0.39, 0.29) is 17.4 Å². The van der Waals surface area contributed by atoms with Gasteiger partial charge in [0.2, 0.25) is 5.88 Å². The molecule has 0 bridgehead atoms. The van der Waals surface area contributed by atoms with Gasteiger partial charge in [0.1, 0.15) is 23.0 Å². The molecule has 1 aliphatic rings. The third-order valence-electron chi connectivity index (χ3n) is 5.29. The number of nitrogens with one attached hydrogen (secondary N) is 4. The zero-order valence-electron chi connectivity index (χ0n) is 19.0. The molecule has 0 aliphatic carbocycles. The average Bonchev–Trinajstić information content (AvgIpc) is 3.34. The number of piperidine rings is 1. The number of imidazole rings is 1. The predicted molar refractivity (Wildman–Crippen MR) is 135 cm³/mol. The largest absolute Gasteiger partial charge is 0.480 e. The minimum absolute atomic E-state index is 0.0571. The summed E-state index contributed by atoms with van der Waals surface area (Å²) in [7, 11) is 1.52. The zero-order chi connectivity index (χ0) is 24.6. The summed E-state index contributed by atoms with van der Waals surface area (Å²) in [6, 6.07) is 7.87. The molecule has 1 aliphatic heterocycles. The molecule has 4 rings (SSSR count). The summed E-state index contributed by atoms with van der Waals surface area (Å²) in [5, 5.41) is 21.6. The molecule has 10 heteroatoms. The van der Waals surface area contributed by atoms with Gasteiger partial charge in [0.15, 0.2) is 0 Å². The molecule has 1 fully saturated rings. The SMILES string of the molecule is COc1ncc(C(=N)/C=C\c2ncc(C#CC3CCNCC3O)[nH]2)cc1NSc1ccc(F)cc1. The van der Waals surface area contributed by atoms with Gasteiger partial charge in [-0.3, -0.25) is 0 Å². The summed E-state index contributed by atoms with van der Waals surface area (Å²) in [5.74, 6) is 6.74. The van der Waals surface area contributed by atoms with E-state index in [1.807, 2.05) is 0 Å². The fourth-order valence-corrected chi connectivity index (χ4v) is 4.02. The number of β-amino-alcohol motifs (C(OH)–C–C–N with tert-alkyl or cyclic N) is 1. The lowest BCUT2D eigenvalue weighted by Crippen LogP contribution is -2.39. The van der Waals surface area contributed by atoms with Crippen LogP contribution in [0.3, 0.4) is 0 Å². The van der Waals surface area contributed by atoms with Crippen LogP contribution in [0.5, 0.6) is 5.88 Å². The van der Waals surface area contributed by atoms with Crippen LogP contribution in [-0.2, 0) is 0 Å². The number of benzene rings is 1. The number of aromatic amines is 1. The number of halogens is 1. The number of H-pyrrole nitrogens is 1. The summed E-state index contributed by atoms with van der Waals surface area (Å²) in [6.07, 6.45) is 6.84. The summed E-state index contributed by atoms with van der Waals surface area (Å²) in [5.41, 5.74) is 2.05. The van der Waals surface area contributed by atoms with E-state index >= 15 is 0 Å². The molecule has 2 unspecified atom stereocenters. The number of anilines is 1. The molecule has 35 heavy (non-hydrogen) atoms. The van der Waals surface area contributed by atoms with Gasteiger partial charge in [-0.1, -0.05) is 5.92 Å². The Morgan fingerprint density at radius 1 is 1.31 bits per heavy atom. The third-order valence-corrected chi connectivity index (χ3v) is 6.12. The molecule has 2 aromatic heterocycles. The number of rotatable bonds is 7. The van der Waals surface area contributed by atoms with Crippen LogP contribution in [0.1, 0.15) is 23.5 Å². The maximum absolute atomic E-state index is 13.1.